The summed E-state index contributed by atoms with van der Waals surface area (Å²) in [7, 11) is 1.65. The van der Waals surface area contributed by atoms with Gasteiger partial charge in [-0.25, -0.2) is 4.39 Å². The summed E-state index contributed by atoms with van der Waals surface area (Å²) in [5, 5.41) is 3.74. The number of methoxy groups -OCH3 is 1. The maximum atomic E-state index is 14.1. The van der Waals surface area contributed by atoms with Crippen molar-refractivity contribution in [3.63, 3.8) is 0 Å². The first-order valence-corrected chi connectivity index (χ1v) is 11.0. The fourth-order valence-electron chi connectivity index (χ4n) is 3.46. The third kappa shape index (κ3) is 8.57. The van der Waals surface area contributed by atoms with Crippen molar-refractivity contribution in [1.29, 1.82) is 0 Å². The van der Waals surface area contributed by atoms with Crippen molar-refractivity contribution in [2.24, 2.45) is 11.7 Å². The van der Waals surface area contributed by atoms with Crippen LogP contribution in [0.4, 0.5) is 4.39 Å². The molecule has 2 atom stereocenters. The molecule has 0 aliphatic rings. The molecule has 2 aromatic rings. The molecule has 0 heterocycles. The van der Waals surface area contributed by atoms with Crippen LogP contribution in [0, 0.1) is 11.7 Å². The van der Waals surface area contributed by atoms with Crippen molar-refractivity contribution in [3.8, 4) is 11.1 Å². The highest BCUT2D eigenvalue weighted by Crippen LogP contribution is 2.26. The van der Waals surface area contributed by atoms with E-state index in [4.69, 9.17) is 26.8 Å². The van der Waals surface area contributed by atoms with Crippen LogP contribution in [-0.2, 0) is 20.7 Å². The highest BCUT2D eigenvalue weighted by Gasteiger charge is 2.22. The number of nitrogens with two attached hydrogens (primary N) is 1. The number of hydrogen-bond donors (Lipinski definition) is 2. The summed E-state index contributed by atoms with van der Waals surface area (Å²) in [4.78, 5) is 12.3. The molecular formula is C24H32ClFN2O3. The molecule has 2 aromatic carbocycles. The summed E-state index contributed by atoms with van der Waals surface area (Å²) < 4.78 is 24.3. The van der Waals surface area contributed by atoms with Crippen LogP contribution in [0.3, 0.4) is 0 Å². The molecule has 3 N–H and O–H groups in total. The molecule has 0 fully saturated rings. The summed E-state index contributed by atoms with van der Waals surface area (Å²) in [6, 6.07) is 11.9. The first-order valence-electron chi connectivity index (χ1n) is 10.6. The second-order valence-electron chi connectivity index (χ2n) is 7.50. The van der Waals surface area contributed by atoms with Crippen LogP contribution in [0.25, 0.3) is 11.1 Å². The van der Waals surface area contributed by atoms with E-state index in [1.165, 1.54) is 12.1 Å². The Labute approximate surface area is 189 Å². The monoisotopic (exact) mass is 450 g/mol. The minimum absolute atomic E-state index is 0.192. The first kappa shape index (κ1) is 25.3. The van der Waals surface area contributed by atoms with E-state index in [9.17, 15) is 9.18 Å². The number of carbonyl (C=O) groups excluding carboxylic acids is 1. The molecule has 7 heteroatoms. The number of ether oxygens (including phenoxy) is 2. The fourth-order valence-corrected chi connectivity index (χ4v) is 3.63. The zero-order valence-corrected chi connectivity index (χ0v) is 19.0. The van der Waals surface area contributed by atoms with E-state index in [1.54, 1.807) is 20.1 Å². The van der Waals surface area contributed by atoms with Gasteiger partial charge in [0.2, 0.25) is 0 Å². The summed E-state index contributed by atoms with van der Waals surface area (Å²) in [5.74, 6) is -0.784. The molecule has 5 nitrogen and oxygen atoms in total. The van der Waals surface area contributed by atoms with Gasteiger partial charge in [0.1, 0.15) is 5.82 Å². The SMILES string of the molecule is CCOC(=O)[C@H](CCNCCOC)C[C@H](N)Cc1ccc(-c2cc(Cl)ccc2F)cc1. The van der Waals surface area contributed by atoms with Crippen LogP contribution >= 0.6 is 11.6 Å². The zero-order chi connectivity index (χ0) is 22.6. The van der Waals surface area contributed by atoms with Crippen molar-refractivity contribution >= 4 is 17.6 Å². The zero-order valence-electron chi connectivity index (χ0n) is 18.2. The molecule has 0 unspecified atom stereocenters. The predicted molar refractivity (Wildman–Crippen MR) is 123 cm³/mol. The van der Waals surface area contributed by atoms with Gasteiger partial charge in [0.25, 0.3) is 0 Å². The molecule has 170 valence electrons. The van der Waals surface area contributed by atoms with Gasteiger partial charge < -0.3 is 20.5 Å². The smallest absolute Gasteiger partial charge is 0.309 e. The van der Waals surface area contributed by atoms with Gasteiger partial charge in [-0.3, -0.25) is 4.79 Å². The van der Waals surface area contributed by atoms with Crippen LogP contribution in [0.1, 0.15) is 25.3 Å². The molecule has 0 radical (unpaired) electrons. The van der Waals surface area contributed by atoms with Crippen molar-refractivity contribution in [2.45, 2.75) is 32.2 Å². The lowest BCUT2D eigenvalue weighted by atomic mass is 9.92. The van der Waals surface area contributed by atoms with Gasteiger partial charge >= 0.3 is 5.97 Å². The van der Waals surface area contributed by atoms with E-state index in [0.717, 1.165) is 17.7 Å². The Kier molecular flexibility index (Phi) is 10.9. The molecule has 0 aliphatic carbocycles. The molecule has 2 rings (SSSR count). The third-order valence-corrected chi connectivity index (χ3v) is 5.29. The Morgan fingerprint density at radius 2 is 1.94 bits per heavy atom. The lowest BCUT2D eigenvalue weighted by Crippen LogP contribution is -2.32. The number of benzene rings is 2. The van der Waals surface area contributed by atoms with Crippen LogP contribution in [0.2, 0.25) is 5.02 Å². The summed E-state index contributed by atoms with van der Waals surface area (Å²) in [6.45, 7) is 4.20. The van der Waals surface area contributed by atoms with E-state index in [-0.39, 0.29) is 23.7 Å². The summed E-state index contributed by atoms with van der Waals surface area (Å²) in [6.07, 6.45) is 1.81. The Morgan fingerprint density at radius 3 is 2.61 bits per heavy atom. The average Bonchev–Trinajstić information content (AvgIpc) is 2.75. The van der Waals surface area contributed by atoms with E-state index < -0.39 is 0 Å². The lowest BCUT2D eigenvalue weighted by molar-refractivity contribution is -0.148. The largest absolute Gasteiger partial charge is 0.466 e. The molecule has 0 spiro atoms. The maximum absolute atomic E-state index is 14.1. The molecule has 0 amide bonds. The maximum Gasteiger partial charge on any atom is 0.309 e. The Balaban J connectivity index is 1.95. The number of hydrogen-bond acceptors (Lipinski definition) is 5. The predicted octanol–water partition coefficient (Wildman–Crippen LogP) is 4.21. The van der Waals surface area contributed by atoms with Gasteiger partial charge in [-0.1, -0.05) is 35.9 Å². The normalized spacial score (nSPS) is 13.1. The minimum atomic E-state index is -0.315. The highest BCUT2D eigenvalue weighted by molar-refractivity contribution is 6.30. The van der Waals surface area contributed by atoms with Gasteiger partial charge in [0.05, 0.1) is 19.1 Å². The van der Waals surface area contributed by atoms with Crippen molar-refractivity contribution < 1.29 is 18.7 Å². The van der Waals surface area contributed by atoms with Gasteiger partial charge in [-0.15, -0.1) is 0 Å². The molecular weight excluding hydrogens is 419 g/mol. The van der Waals surface area contributed by atoms with Gasteiger partial charge in [-0.05, 0) is 62.1 Å². The molecule has 0 saturated heterocycles. The second kappa shape index (κ2) is 13.4. The Hall–Kier alpha value is -1.99. The van der Waals surface area contributed by atoms with Crippen LogP contribution in [0.5, 0.6) is 0 Å². The Bertz CT molecular complexity index is 817. The summed E-state index contributed by atoms with van der Waals surface area (Å²) in [5.41, 5.74) is 8.61. The van der Waals surface area contributed by atoms with Crippen molar-refractivity contribution in [1.82, 2.24) is 5.32 Å². The molecule has 0 saturated carbocycles. The van der Waals surface area contributed by atoms with Crippen molar-refractivity contribution in [3.05, 3.63) is 58.9 Å². The topological polar surface area (TPSA) is 73.6 Å². The van der Waals surface area contributed by atoms with Gasteiger partial charge in [0, 0.05) is 30.3 Å². The summed E-state index contributed by atoms with van der Waals surface area (Å²) >= 11 is 5.99. The molecule has 0 aliphatic heterocycles. The van der Waals surface area contributed by atoms with E-state index in [0.29, 0.717) is 49.6 Å². The third-order valence-electron chi connectivity index (χ3n) is 5.05. The Morgan fingerprint density at radius 1 is 1.19 bits per heavy atom. The standard InChI is InChI=1S/C24H32ClFN2O3/c1-3-31-24(29)19(10-11-28-12-13-30-2)15-21(27)14-17-4-6-18(7-5-17)22-16-20(25)8-9-23(22)26/h4-9,16,19,21,28H,3,10-15,27H2,1-2H3/t19-,21-/m1/s1. The molecule has 0 aromatic heterocycles. The number of nitrogens with one attached hydrogen (secondary N) is 1. The lowest BCUT2D eigenvalue weighted by Gasteiger charge is -2.20. The van der Waals surface area contributed by atoms with Crippen LogP contribution in [-0.4, -0.2) is 45.4 Å². The first-order chi connectivity index (χ1) is 14.9. The van der Waals surface area contributed by atoms with Crippen LogP contribution < -0.4 is 11.1 Å². The van der Waals surface area contributed by atoms with E-state index >= 15 is 0 Å². The van der Waals surface area contributed by atoms with E-state index in [1.807, 2.05) is 24.3 Å². The van der Waals surface area contributed by atoms with Crippen molar-refractivity contribution in [2.75, 3.05) is 33.4 Å². The number of carbonyl (C=O) groups is 1. The highest BCUT2D eigenvalue weighted by atomic mass is 35.5. The molecule has 31 heavy (non-hydrogen) atoms. The van der Waals surface area contributed by atoms with E-state index in [2.05, 4.69) is 5.32 Å². The number of esters is 1. The van der Waals surface area contributed by atoms with Gasteiger partial charge in [0.15, 0.2) is 0 Å². The minimum Gasteiger partial charge on any atom is -0.466 e. The second-order valence-corrected chi connectivity index (χ2v) is 7.94. The fraction of sp³-hybridized carbons (Fsp3) is 0.458. The van der Waals surface area contributed by atoms with Crippen LogP contribution in [0.15, 0.2) is 42.5 Å². The van der Waals surface area contributed by atoms with Gasteiger partial charge in [-0.2, -0.15) is 0 Å². The number of halogens is 2. The average molecular weight is 451 g/mol. The number of rotatable bonds is 13. The quantitative estimate of drug-likeness (QED) is 0.353. The molecule has 0 bridgehead atoms.